The fourth-order valence-corrected chi connectivity index (χ4v) is 2.39. The van der Waals surface area contributed by atoms with Crippen molar-refractivity contribution in [2.75, 3.05) is 5.32 Å². The van der Waals surface area contributed by atoms with Crippen molar-refractivity contribution in [1.82, 2.24) is 10.9 Å². The summed E-state index contributed by atoms with van der Waals surface area (Å²) in [7, 11) is 0. The van der Waals surface area contributed by atoms with Gasteiger partial charge in [0.15, 0.2) is 6.10 Å². The van der Waals surface area contributed by atoms with Crippen LogP contribution in [0.4, 0.5) is 10.1 Å². The van der Waals surface area contributed by atoms with Crippen molar-refractivity contribution in [2.24, 2.45) is 5.92 Å². The fourth-order valence-electron chi connectivity index (χ4n) is 2.39. The molecule has 0 heterocycles. The molecule has 3 rings (SSSR count). The predicted molar refractivity (Wildman–Crippen MR) is 99.9 cm³/mol. The Morgan fingerprint density at radius 3 is 2.46 bits per heavy atom. The topological polar surface area (TPSA) is 96.5 Å². The monoisotopic (exact) mass is 385 g/mol. The lowest BCUT2D eigenvalue weighted by atomic mass is 10.2. The third-order valence-electron chi connectivity index (χ3n) is 4.14. The molecule has 8 heteroatoms. The van der Waals surface area contributed by atoms with E-state index in [-0.39, 0.29) is 17.4 Å². The van der Waals surface area contributed by atoms with Crippen LogP contribution in [-0.2, 0) is 9.59 Å². The lowest BCUT2D eigenvalue weighted by molar-refractivity contribution is -0.128. The zero-order valence-electron chi connectivity index (χ0n) is 15.2. The molecular formula is C20H20FN3O4. The maximum Gasteiger partial charge on any atom is 0.279 e. The van der Waals surface area contributed by atoms with Gasteiger partial charge >= 0.3 is 0 Å². The average molecular weight is 385 g/mol. The van der Waals surface area contributed by atoms with Gasteiger partial charge in [-0.1, -0.05) is 6.07 Å². The molecule has 1 aliphatic carbocycles. The molecule has 3 amide bonds. The van der Waals surface area contributed by atoms with Crippen LogP contribution in [0.15, 0.2) is 48.5 Å². The first-order valence-corrected chi connectivity index (χ1v) is 8.86. The summed E-state index contributed by atoms with van der Waals surface area (Å²) in [5, 5.41) is 2.76. The van der Waals surface area contributed by atoms with E-state index in [1.165, 1.54) is 37.3 Å². The number of anilines is 1. The van der Waals surface area contributed by atoms with Crippen molar-refractivity contribution >= 4 is 23.4 Å². The zero-order chi connectivity index (χ0) is 20.1. The van der Waals surface area contributed by atoms with Crippen molar-refractivity contribution in [3.8, 4) is 5.75 Å². The van der Waals surface area contributed by atoms with E-state index in [0.717, 1.165) is 12.8 Å². The summed E-state index contributed by atoms with van der Waals surface area (Å²) in [5.41, 5.74) is 5.37. The van der Waals surface area contributed by atoms with Crippen LogP contribution < -0.4 is 20.9 Å². The van der Waals surface area contributed by atoms with Crippen LogP contribution in [0.25, 0.3) is 0 Å². The van der Waals surface area contributed by atoms with E-state index in [1.807, 2.05) is 0 Å². The summed E-state index contributed by atoms with van der Waals surface area (Å²) in [6.07, 6.45) is 0.863. The van der Waals surface area contributed by atoms with Gasteiger partial charge < -0.3 is 10.1 Å². The molecule has 1 aliphatic rings. The number of hydrogen-bond acceptors (Lipinski definition) is 4. The van der Waals surface area contributed by atoms with Crippen LogP contribution in [0.1, 0.15) is 30.1 Å². The van der Waals surface area contributed by atoms with Crippen molar-refractivity contribution < 1.29 is 23.5 Å². The molecule has 0 saturated heterocycles. The molecule has 7 nitrogen and oxygen atoms in total. The molecular weight excluding hydrogens is 365 g/mol. The second-order valence-electron chi connectivity index (χ2n) is 6.50. The lowest BCUT2D eigenvalue weighted by Crippen LogP contribution is -2.47. The van der Waals surface area contributed by atoms with Gasteiger partial charge in [0.25, 0.3) is 11.8 Å². The Hall–Kier alpha value is -3.42. The van der Waals surface area contributed by atoms with Crippen molar-refractivity contribution in [3.63, 3.8) is 0 Å². The minimum atomic E-state index is -0.907. The number of rotatable bonds is 6. The van der Waals surface area contributed by atoms with E-state index in [1.54, 1.807) is 18.2 Å². The molecule has 0 aromatic heterocycles. The van der Waals surface area contributed by atoms with Gasteiger partial charge in [0.05, 0.1) is 0 Å². The van der Waals surface area contributed by atoms with Crippen LogP contribution in [0, 0.1) is 11.7 Å². The van der Waals surface area contributed by atoms with Gasteiger partial charge in [0.2, 0.25) is 5.91 Å². The normalized spacial score (nSPS) is 13.9. The average Bonchev–Trinajstić information content (AvgIpc) is 3.53. The number of amides is 3. The molecule has 0 radical (unpaired) electrons. The smallest absolute Gasteiger partial charge is 0.279 e. The minimum Gasteiger partial charge on any atom is -0.481 e. The molecule has 0 bridgehead atoms. The van der Waals surface area contributed by atoms with Crippen LogP contribution >= 0.6 is 0 Å². The molecule has 146 valence electrons. The molecule has 1 atom stereocenters. The zero-order valence-corrected chi connectivity index (χ0v) is 15.2. The van der Waals surface area contributed by atoms with Gasteiger partial charge in [0, 0.05) is 17.2 Å². The number of halogens is 1. The molecule has 2 aromatic rings. The van der Waals surface area contributed by atoms with E-state index in [2.05, 4.69) is 16.2 Å². The lowest BCUT2D eigenvalue weighted by Gasteiger charge is -2.15. The van der Waals surface area contributed by atoms with Crippen LogP contribution in [0.3, 0.4) is 0 Å². The molecule has 1 saturated carbocycles. The molecule has 3 N–H and O–H groups in total. The van der Waals surface area contributed by atoms with Crippen LogP contribution in [-0.4, -0.2) is 23.8 Å². The first kappa shape index (κ1) is 19.3. The third kappa shape index (κ3) is 5.29. The summed E-state index contributed by atoms with van der Waals surface area (Å²) in [4.78, 5) is 36.1. The summed E-state index contributed by atoms with van der Waals surface area (Å²) in [6.45, 7) is 1.50. The van der Waals surface area contributed by atoms with E-state index in [9.17, 15) is 18.8 Å². The van der Waals surface area contributed by atoms with Gasteiger partial charge in [-0.25, -0.2) is 4.39 Å². The van der Waals surface area contributed by atoms with Gasteiger partial charge in [0.1, 0.15) is 11.6 Å². The van der Waals surface area contributed by atoms with Crippen molar-refractivity contribution in [3.05, 3.63) is 59.9 Å². The van der Waals surface area contributed by atoms with Gasteiger partial charge in [-0.05, 0) is 62.2 Å². The van der Waals surface area contributed by atoms with Crippen molar-refractivity contribution in [1.29, 1.82) is 0 Å². The van der Waals surface area contributed by atoms with Crippen LogP contribution in [0.5, 0.6) is 5.75 Å². The summed E-state index contributed by atoms with van der Waals surface area (Å²) in [6, 6.07) is 11.7. The van der Waals surface area contributed by atoms with Gasteiger partial charge in [-0.15, -0.1) is 0 Å². The second kappa shape index (κ2) is 8.51. The Morgan fingerprint density at radius 2 is 1.79 bits per heavy atom. The quantitative estimate of drug-likeness (QED) is 0.666. The molecule has 2 aromatic carbocycles. The highest BCUT2D eigenvalue weighted by atomic mass is 19.1. The second-order valence-corrected chi connectivity index (χ2v) is 6.50. The highest BCUT2D eigenvalue weighted by Crippen LogP contribution is 2.30. The Balaban J connectivity index is 1.50. The molecule has 1 unspecified atom stereocenters. The molecule has 28 heavy (non-hydrogen) atoms. The summed E-state index contributed by atoms with van der Waals surface area (Å²) < 4.78 is 18.3. The minimum absolute atomic E-state index is 0.0550. The maximum absolute atomic E-state index is 12.9. The number of carbonyl (C=O) groups is 3. The number of hydrazine groups is 1. The first-order valence-electron chi connectivity index (χ1n) is 8.86. The van der Waals surface area contributed by atoms with E-state index in [4.69, 9.17) is 4.74 Å². The van der Waals surface area contributed by atoms with Gasteiger partial charge in [-0.2, -0.15) is 0 Å². The van der Waals surface area contributed by atoms with Gasteiger partial charge in [-0.3, -0.25) is 25.2 Å². The fraction of sp³-hybridized carbons (Fsp3) is 0.250. The Bertz CT molecular complexity index is 881. The van der Waals surface area contributed by atoms with Crippen LogP contribution in [0.2, 0.25) is 0 Å². The van der Waals surface area contributed by atoms with E-state index < -0.39 is 23.7 Å². The summed E-state index contributed by atoms with van der Waals surface area (Å²) >= 11 is 0. The molecule has 1 fully saturated rings. The maximum atomic E-state index is 12.9. The van der Waals surface area contributed by atoms with E-state index in [0.29, 0.717) is 11.4 Å². The third-order valence-corrected chi connectivity index (χ3v) is 4.14. The van der Waals surface area contributed by atoms with Crippen molar-refractivity contribution in [2.45, 2.75) is 25.9 Å². The predicted octanol–water partition coefficient (Wildman–Crippen LogP) is 2.40. The SMILES string of the molecule is CC(Oc1ccc(F)cc1)C(=O)NNC(=O)c1cccc(NC(=O)C2CC2)c1. The first-order chi connectivity index (χ1) is 13.4. The molecule has 0 spiro atoms. The number of hydrogen-bond donors (Lipinski definition) is 3. The Kier molecular flexibility index (Phi) is 5.88. The number of ether oxygens (including phenoxy) is 1. The largest absolute Gasteiger partial charge is 0.481 e. The number of carbonyl (C=O) groups excluding carboxylic acids is 3. The molecule has 0 aliphatic heterocycles. The highest BCUT2D eigenvalue weighted by Gasteiger charge is 2.29. The Morgan fingerprint density at radius 1 is 1.07 bits per heavy atom. The number of nitrogens with one attached hydrogen (secondary N) is 3. The highest BCUT2D eigenvalue weighted by molar-refractivity contribution is 5.98. The Labute approximate surface area is 161 Å². The van der Waals surface area contributed by atoms with E-state index >= 15 is 0 Å². The standard InChI is InChI=1S/C20H20FN3O4/c1-12(28-17-9-7-15(21)8-10-17)18(25)23-24-20(27)14-3-2-4-16(11-14)22-19(26)13-5-6-13/h2-4,7-13H,5-6H2,1H3,(H,22,26)(H,23,25)(H,24,27). The number of benzene rings is 2. The summed E-state index contributed by atoms with van der Waals surface area (Å²) in [5.74, 6) is -1.19.